The molecule has 1 aliphatic rings. The van der Waals surface area contributed by atoms with E-state index >= 15 is 0 Å². The minimum Gasteiger partial charge on any atom is -0.367 e. The lowest BCUT2D eigenvalue weighted by Crippen LogP contribution is -2.50. The average Bonchev–Trinajstić information content (AvgIpc) is 3.22. The quantitative estimate of drug-likeness (QED) is 0.657. The highest BCUT2D eigenvalue weighted by molar-refractivity contribution is 5.97. The topological polar surface area (TPSA) is 80.5 Å². The van der Waals surface area contributed by atoms with E-state index < -0.39 is 0 Å². The molecular formula is C21H23N5O2. The van der Waals surface area contributed by atoms with E-state index in [1.165, 1.54) is 11.1 Å². The summed E-state index contributed by atoms with van der Waals surface area (Å²) < 4.78 is 0. The van der Waals surface area contributed by atoms with E-state index in [2.05, 4.69) is 38.7 Å². The Hall–Kier alpha value is -3.48. The maximum Gasteiger partial charge on any atom is 0.321 e. The molecule has 0 aliphatic carbocycles. The summed E-state index contributed by atoms with van der Waals surface area (Å²) in [7, 11) is 1.58. The molecule has 2 aromatic carbocycles. The van der Waals surface area contributed by atoms with Crippen molar-refractivity contribution in [1.29, 1.82) is 0 Å². The van der Waals surface area contributed by atoms with Gasteiger partial charge in [0.1, 0.15) is 0 Å². The number of benzene rings is 2. The molecule has 144 valence electrons. The molecule has 0 radical (unpaired) electrons. The number of hydrogen-bond donors (Lipinski definition) is 3. The lowest BCUT2D eigenvalue weighted by Gasteiger charge is -2.36. The van der Waals surface area contributed by atoms with E-state index in [-0.39, 0.29) is 11.9 Å². The summed E-state index contributed by atoms with van der Waals surface area (Å²) in [5.74, 6) is -0.177. The maximum atomic E-state index is 12.6. The first-order valence-corrected chi connectivity index (χ1v) is 9.35. The molecule has 3 amide bonds. The summed E-state index contributed by atoms with van der Waals surface area (Å²) >= 11 is 0. The third-order valence-electron chi connectivity index (χ3n) is 5.08. The largest absolute Gasteiger partial charge is 0.367 e. The lowest BCUT2D eigenvalue weighted by molar-refractivity contribution is 0.0963. The van der Waals surface area contributed by atoms with Gasteiger partial charge in [-0.25, -0.2) is 4.79 Å². The van der Waals surface area contributed by atoms with E-state index in [1.54, 1.807) is 36.2 Å². The number of rotatable bonds is 3. The Labute approximate surface area is 163 Å². The Morgan fingerprint density at radius 2 is 1.79 bits per heavy atom. The maximum absolute atomic E-state index is 12.6. The van der Waals surface area contributed by atoms with Crippen LogP contribution in [0.4, 0.5) is 16.2 Å². The summed E-state index contributed by atoms with van der Waals surface area (Å²) in [4.78, 5) is 31.7. The van der Waals surface area contributed by atoms with E-state index in [0.717, 1.165) is 18.6 Å². The van der Waals surface area contributed by atoms with Crippen LogP contribution in [-0.2, 0) is 0 Å². The number of aromatic nitrogens is 1. The Kier molecular flexibility index (Phi) is 4.89. The Bertz CT molecular complexity index is 1000. The number of hydrogen-bond acceptors (Lipinski definition) is 3. The van der Waals surface area contributed by atoms with Crippen LogP contribution in [0, 0.1) is 0 Å². The molecule has 0 spiro atoms. The Morgan fingerprint density at radius 1 is 1.00 bits per heavy atom. The van der Waals surface area contributed by atoms with Crippen molar-refractivity contribution in [3.05, 3.63) is 60.3 Å². The van der Waals surface area contributed by atoms with Gasteiger partial charge in [-0.05, 0) is 36.4 Å². The molecule has 1 saturated heterocycles. The first kappa shape index (κ1) is 17.9. The highest BCUT2D eigenvalue weighted by atomic mass is 16.2. The summed E-state index contributed by atoms with van der Waals surface area (Å²) in [6.45, 7) is 2.83. The Morgan fingerprint density at radius 3 is 2.57 bits per heavy atom. The van der Waals surface area contributed by atoms with Crippen molar-refractivity contribution >= 4 is 34.2 Å². The van der Waals surface area contributed by atoms with Crippen molar-refractivity contribution in [2.24, 2.45) is 0 Å². The molecule has 7 nitrogen and oxygen atoms in total. The van der Waals surface area contributed by atoms with Crippen LogP contribution in [0.5, 0.6) is 0 Å². The van der Waals surface area contributed by atoms with Crippen LogP contribution in [0.2, 0.25) is 0 Å². The third-order valence-corrected chi connectivity index (χ3v) is 5.08. The fourth-order valence-electron chi connectivity index (χ4n) is 3.58. The molecular weight excluding hydrogens is 354 g/mol. The molecule has 0 atom stereocenters. The molecule has 2 heterocycles. The summed E-state index contributed by atoms with van der Waals surface area (Å²) in [5.41, 5.74) is 3.45. The number of amides is 3. The summed E-state index contributed by atoms with van der Waals surface area (Å²) in [5, 5.41) is 6.68. The van der Waals surface area contributed by atoms with Gasteiger partial charge in [0, 0.05) is 67.3 Å². The number of nitrogens with one attached hydrogen (secondary N) is 3. The van der Waals surface area contributed by atoms with Crippen LogP contribution < -0.4 is 15.5 Å². The smallest absolute Gasteiger partial charge is 0.321 e. The molecule has 3 N–H and O–H groups in total. The van der Waals surface area contributed by atoms with E-state index in [0.29, 0.717) is 24.3 Å². The van der Waals surface area contributed by atoms with Gasteiger partial charge in [-0.15, -0.1) is 0 Å². The highest BCUT2D eigenvalue weighted by Gasteiger charge is 2.22. The normalized spacial score (nSPS) is 14.2. The first-order valence-electron chi connectivity index (χ1n) is 9.35. The van der Waals surface area contributed by atoms with Crippen LogP contribution in [0.25, 0.3) is 10.9 Å². The van der Waals surface area contributed by atoms with Crippen LogP contribution >= 0.6 is 0 Å². The average molecular weight is 377 g/mol. The van der Waals surface area contributed by atoms with Crippen LogP contribution in [0.1, 0.15) is 10.4 Å². The fourth-order valence-corrected chi connectivity index (χ4v) is 3.58. The number of aromatic amines is 1. The van der Waals surface area contributed by atoms with E-state index in [4.69, 9.17) is 0 Å². The standard InChI is InChI=1S/C21H23N5O2/c1-22-20(27)15-4-2-5-16(14-15)24-21(28)26-12-10-25(11-13-26)19-7-3-6-18-17(19)8-9-23-18/h2-9,14,23H,10-13H2,1H3,(H,22,27)(H,24,28). The molecule has 1 fully saturated rings. The van der Waals surface area contributed by atoms with Crippen molar-refractivity contribution < 1.29 is 9.59 Å². The van der Waals surface area contributed by atoms with Gasteiger partial charge < -0.3 is 25.4 Å². The number of fused-ring (bicyclic) bond motifs is 1. The summed E-state index contributed by atoms with van der Waals surface area (Å²) in [6, 6.07) is 15.1. The van der Waals surface area contributed by atoms with Crippen molar-refractivity contribution in [2.45, 2.75) is 0 Å². The van der Waals surface area contributed by atoms with Crippen molar-refractivity contribution in [1.82, 2.24) is 15.2 Å². The minimum absolute atomic E-state index is 0.145. The van der Waals surface area contributed by atoms with Gasteiger partial charge in [-0.1, -0.05) is 12.1 Å². The molecule has 0 unspecified atom stereocenters. The Balaban J connectivity index is 1.39. The molecule has 4 rings (SSSR count). The van der Waals surface area contributed by atoms with Crippen LogP contribution in [0.15, 0.2) is 54.7 Å². The lowest BCUT2D eigenvalue weighted by atomic mass is 10.1. The van der Waals surface area contributed by atoms with Gasteiger partial charge in [0.2, 0.25) is 0 Å². The predicted octanol–water partition coefficient (Wildman–Crippen LogP) is 2.88. The minimum atomic E-state index is -0.177. The highest BCUT2D eigenvalue weighted by Crippen LogP contribution is 2.27. The first-order chi connectivity index (χ1) is 13.7. The second kappa shape index (κ2) is 7.64. The number of urea groups is 1. The second-order valence-corrected chi connectivity index (χ2v) is 6.78. The van der Waals surface area contributed by atoms with E-state index in [9.17, 15) is 9.59 Å². The zero-order valence-corrected chi connectivity index (χ0v) is 15.7. The second-order valence-electron chi connectivity index (χ2n) is 6.78. The predicted molar refractivity (Wildman–Crippen MR) is 111 cm³/mol. The summed E-state index contributed by atoms with van der Waals surface area (Å²) in [6.07, 6.45) is 1.95. The zero-order chi connectivity index (χ0) is 19.5. The fraction of sp³-hybridized carbons (Fsp3) is 0.238. The number of nitrogens with zero attached hydrogens (tertiary/aromatic N) is 2. The SMILES string of the molecule is CNC(=O)c1cccc(NC(=O)N2CCN(c3cccc4[nH]ccc34)CC2)c1. The molecule has 7 heteroatoms. The van der Waals surface area contributed by atoms with E-state index in [1.807, 2.05) is 12.3 Å². The monoisotopic (exact) mass is 377 g/mol. The van der Waals surface area contributed by atoms with Crippen LogP contribution in [-0.4, -0.2) is 55.0 Å². The van der Waals surface area contributed by atoms with Gasteiger partial charge in [-0.2, -0.15) is 0 Å². The molecule has 1 aromatic heterocycles. The zero-order valence-electron chi connectivity index (χ0n) is 15.7. The van der Waals surface area contributed by atoms with Crippen molar-refractivity contribution in [3.63, 3.8) is 0 Å². The third kappa shape index (κ3) is 3.51. The van der Waals surface area contributed by atoms with Crippen molar-refractivity contribution in [2.75, 3.05) is 43.4 Å². The van der Waals surface area contributed by atoms with Crippen LogP contribution in [0.3, 0.4) is 0 Å². The van der Waals surface area contributed by atoms with Gasteiger partial charge in [-0.3, -0.25) is 4.79 Å². The molecule has 0 bridgehead atoms. The molecule has 28 heavy (non-hydrogen) atoms. The molecule has 1 aliphatic heterocycles. The number of anilines is 2. The number of carbonyl (C=O) groups excluding carboxylic acids is 2. The van der Waals surface area contributed by atoms with Gasteiger partial charge >= 0.3 is 6.03 Å². The number of carbonyl (C=O) groups is 2. The van der Waals surface area contributed by atoms with Gasteiger partial charge in [0.15, 0.2) is 0 Å². The molecule has 3 aromatic rings. The number of H-pyrrole nitrogens is 1. The molecule has 0 saturated carbocycles. The van der Waals surface area contributed by atoms with Gasteiger partial charge in [0.05, 0.1) is 0 Å². The van der Waals surface area contributed by atoms with Gasteiger partial charge in [0.25, 0.3) is 5.91 Å². The van der Waals surface area contributed by atoms with Crippen molar-refractivity contribution in [3.8, 4) is 0 Å². The number of piperazine rings is 1.